The van der Waals surface area contributed by atoms with Crippen LogP contribution in [-0.2, 0) is 0 Å². The van der Waals surface area contributed by atoms with E-state index in [1.807, 2.05) is 75.9 Å². The van der Waals surface area contributed by atoms with Gasteiger partial charge in [0.15, 0.2) is 0 Å². The molecule has 0 aliphatic carbocycles. The smallest absolute Gasteiger partial charge is 0.337 e. The first kappa shape index (κ1) is 27.2. The lowest BCUT2D eigenvalue weighted by atomic mass is 10.1. The van der Waals surface area contributed by atoms with E-state index in [4.69, 9.17) is 22.8 Å². The molecule has 9 heteroatoms. The normalized spacial score (nSPS) is 12.5. The highest BCUT2D eigenvalue weighted by Crippen LogP contribution is 2.43. The van der Waals surface area contributed by atoms with Crippen molar-refractivity contribution >= 4 is 98.9 Å². The molecule has 6 aromatic carbocycles. The molecule has 13 rings (SSSR count). The number of nitrogens with zero attached hydrogens (tertiary/aromatic N) is 5. The van der Waals surface area contributed by atoms with Gasteiger partial charge in [0.2, 0.25) is 17.1 Å². The van der Waals surface area contributed by atoms with Crippen LogP contribution in [0.5, 0.6) is 0 Å². The molecule has 0 aliphatic heterocycles. The number of fused-ring (bicyclic) bond motifs is 15. The minimum atomic E-state index is 0.295. The highest BCUT2D eigenvalue weighted by atomic mass is 16.5. The van der Waals surface area contributed by atoms with Gasteiger partial charge in [0, 0.05) is 38.0 Å². The van der Waals surface area contributed by atoms with Crippen LogP contribution in [0.1, 0.15) is 0 Å². The van der Waals surface area contributed by atoms with Crippen LogP contribution in [0, 0.1) is 0 Å². The van der Waals surface area contributed by atoms with Crippen LogP contribution < -0.4 is 0 Å². The molecule has 0 radical (unpaired) electrons. The second-order valence-electron chi connectivity index (χ2n) is 13.5. The lowest BCUT2D eigenvalue weighted by molar-refractivity contribution is 0.401. The molecule has 0 atom stereocenters. The van der Waals surface area contributed by atoms with Gasteiger partial charge in [0.25, 0.3) is 5.95 Å². The van der Waals surface area contributed by atoms with Crippen LogP contribution in [0.4, 0.5) is 0 Å². The summed E-state index contributed by atoms with van der Waals surface area (Å²) in [6, 6.07) is 47.6. The Morgan fingerprint density at radius 1 is 0.396 bits per heavy atom. The molecule has 9 nitrogen and oxygen atoms in total. The largest absolute Gasteiger partial charge is 0.439 e. The number of aromatic nitrogens is 5. The molecule has 0 spiro atoms. The van der Waals surface area contributed by atoms with Crippen molar-refractivity contribution in [3.05, 3.63) is 140 Å². The highest BCUT2D eigenvalue weighted by Gasteiger charge is 2.26. The van der Waals surface area contributed by atoms with Gasteiger partial charge in [-0.25, -0.2) is 9.13 Å². The SMILES string of the molecule is c1ccc2c(c1)oc1c2c2ccccc2n1-c1ccc2oc3c(c2c1)c1ccccc1n3-c1noc(-n2c3ccccc3c3c4ccccc4oc32)n1. The number of benzene rings is 6. The molecule has 53 heavy (non-hydrogen) atoms. The molecular weight excluding hydrogens is 663 g/mol. The van der Waals surface area contributed by atoms with Gasteiger partial charge in [-0.1, -0.05) is 91.0 Å². The fraction of sp³-hybridized carbons (Fsp3) is 0. The first-order chi connectivity index (χ1) is 26.3. The molecule has 248 valence electrons. The van der Waals surface area contributed by atoms with E-state index in [0.29, 0.717) is 23.4 Å². The molecule has 13 aromatic rings. The highest BCUT2D eigenvalue weighted by molar-refractivity contribution is 6.22. The number of hydrogen-bond donors (Lipinski definition) is 0. The Balaban J connectivity index is 1.05. The van der Waals surface area contributed by atoms with E-state index in [1.54, 1.807) is 0 Å². The average molecular weight is 686 g/mol. The maximum atomic E-state index is 6.68. The zero-order valence-electron chi connectivity index (χ0n) is 27.6. The Labute approximate surface area is 297 Å². The summed E-state index contributed by atoms with van der Waals surface area (Å²) in [5, 5.41) is 13.9. The average Bonchev–Trinajstić information content (AvgIpc) is 4.05. The third kappa shape index (κ3) is 3.41. The Hall–Kier alpha value is -7.52. The fourth-order valence-electron chi connectivity index (χ4n) is 8.53. The summed E-state index contributed by atoms with van der Waals surface area (Å²) >= 11 is 0. The van der Waals surface area contributed by atoms with Crippen LogP contribution in [0.15, 0.2) is 157 Å². The molecule has 0 amide bonds. The van der Waals surface area contributed by atoms with E-state index >= 15 is 0 Å². The number of rotatable bonds is 3. The van der Waals surface area contributed by atoms with Crippen LogP contribution >= 0.6 is 0 Å². The lowest BCUT2D eigenvalue weighted by Crippen LogP contribution is -1.98. The van der Waals surface area contributed by atoms with Crippen molar-refractivity contribution in [1.29, 1.82) is 0 Å². The Kier molecular flexibility index (Phi) is 4.94. The Morgan fingerprint density at radius 2 is 0.849 bits per heavy atom. The van der Waals surface area contributed by atoms with E-state index in [2.05, 4.69) is 82.5 Å². The van der Waals surface area contributed by atoms with Crippen molar-refractivity contribution in [3.8, 4) is 17.7 Å². The third-order valence-corrected chi connectivity index (χ3v) is 10.7. The summed E-state index contributed by atoms with van der Waals surface area (Å²) in [7, 11) is 0. The topological polar surface area (TPSA) is 93.1 Å². The van der Waals surface area contributed by atoms with Gasteiger partial charge in [-0.3, -0.25) is 4.57 Å². The van der Waals surface area contributed by atoms with Crippen molar-refractivity contribution in [2.75, 3.05) is 0 Å². The molecule has 0 saturated heterocycles. The van der Waals surface area contributed by atoms with Gasteiger partial charge >= 0.3 is 6.01 Å². The molecule has 0 N–H and O–H groups in total. The van der Waals surface area contributed by atoms with Gasteiger partial charge in [-0.05, 0) is 53.7 Å². The number of furan rings is 3. The molecule has 0 saturated carbocycles. The van der Waals surface area contributed by atoms with Gasteiger partial charge in [0.05, 0.1) is 32.7 Å². The van der Waals surface area contributed by atoms with Crippen molar-refractivity contribution in [2.24, 2.45) is 0 Å². The van der Waals surface area contributed by atoms with E-state index in [1.165, 1.54) is 0 Å². The Morgan fingerprint density at radius 3 is 1.47 bits per heavy atom. The van der Waals surface area contributed by atoms with E-state index in [9.17, 15) is 0 Å². The van der Waals surface area contributed by atoms with Crippen LogP contribution in [0.3, 0.4) is 0 Å². The zero-order valence-corrected chi connectivity index (χ0v) is 27.6. The van der Waals surface area contributed by atoms with E-state index in [-0.39, 0.29) is 0 Å². The minimum absolute atomic E-state index is 0.295. The van der Waals surface area contributed by atoms with Crippen molar-refractivity contribution in [1.82, 2.24) is 23.8 Å². The van der Waals surface area contributed by atoms with Crippen LogP contribution in [-0.4, -0.2) is 23.8 Å². The van der Waals surface area contributed by atoms with Crippen LogP contribution in [0.25, 0.3) is 117 Å². The standard InChI is InChI=1S/C44H23N5O4/c1-6-16-31-25(11-1)37-28-14-4-9-19-34(28)50-40(37)47(31)24-21-22-36-30(23-24)39-26-12-2-7-17-32(26)48(41(39)52-36)43-45-44(53-46-43)49-33-18-8-3-13-27(33)38-29-15-5-10-20-35(29)51-42(38)49/h1-23H. The summed E-state index contributed by atoms with van der Waals surface area (Å²) < 4.78 is 31.7. The first-order valence-corrected chi connectivity index (χ1v) is 17.4. The summed E-state index contributed by atoms with van der Waals surface area (Å²) in [6.45, 7) is 0. The van der Waals surface area contributed by atoms with Gasteiger partial charge < -0.3 is 17.8 Å². The lowest BCUT2D eigenvalue weighted by Gasteiger charge is -2.06. The molecule has 0 fully saturated rings. The maximum absolute atomic E-state index is 6.68. The predicted molar refractivity (Wildman–Crippen MR) is 207 cm³/mol. The fourth-order valence-corrected chi connectivity index (χ4v) is 8.53. The molecular formula is C44H23N5O4. The summed E-state index contributed by atoms with van der Waals surface area (Å²) in [5.74, 6) is 0.355. The monoisotopic (exact) mass is 685 g/mol. The summed E-state index contributed by atoms with van der Waals surface area (Å²) in [6.07, 6.45) is 0. The quantitative estimate of drug-likeness (QED) is 0.184. The van der Waals surface area contributed by atoms with E-state index in [0.717, 1.165) is 93.2 Å². The van der Waals surface area contributed by atoms with Crippen molar-refractivity contribution < 1.29 is 17.8 Å². The first-order valence-electron chi connectivity index (χ1n) is 17.4. The van der Waals surface area contributed by atoms with E-state index < -0.39 is 0 Å². The van der Waals surface area contributed by atoms with Crippen LogP contribution in [0.2, 0.25) is 0 Å². The Bertz CT molecular complexity index is 3660. The molecule has 0 bridgehead atoms. The number of para-hydroxylation sites is 5. The third-order valence-electron chi connectivity index (χ3n) is 10.7. The molecule has 0 unspecified atom stereocenters. The second kappa shape index (κ2) is 9.62. The van der Waals surface area contributed by atoms with Gasteiger partial charge in [0.1, 0.15) is 16.7 Å². The summed E-state index contributed by atoms with van der Waals surface area (Å²) in [5.41, 5.74) is 8.35. The van der Waals surface area contributed by atoms with Crippen molar-refractivity contribution in [3.63, 3.8) is 0 Å². The maximum Gasteiger partial charge on any atom is 0.337 e. The van der Waals surface area contributed by atoms with Gasteiger partial charge in [-0.2, -0.15) is 4.98 Å². The van der Waals surface area contributed by atoms with Gasteiger partial charge in [-0.15, -0.1) is 0 Å². The van der Waals surface area contributed by atoms with Crippen molar-refractivity contribution in [2.45, 2.75) is 0 Å². The molecule has 0 aliphatic rings. The molecule has 7 aromatic heterocycles. The predicted octanol–water partition coefficient (Wildman–Crippen LogP) is 11.6. The summed E-state index contributed by atoms with van der Waals surface area (Å²) in [4.78, 5) is 4.99. The molecule has 7 heterocycles. The minimum Gasteiger partial charge on any atom is -0.439 e. The number of hydrogen-bond acceptors (Lipinski definition) is 6. The zero-order chi connectivity index (χ0) is 34.4. The second-order valence-corrected chi connectivity index (χ2v) is 13.5.